The molecule has 2 aliphatic heterocycles. The van der Waals surface area contributed by atoms with Crippen LogP contribution in [0.3, 0.4) is 0 Å². The van der Waals surface area contributed by atoms with Gasteiger partial charge in [-0.1, -0.05) is 17.7 Å². The molecule has 4 heteroatoms. The highest BCUT2D eigenvalue weighted by Gasteiger charge is 2.36. The Bertz CT molecular complexity index is 693. The zero-order chi connectivity index (χ0) is 15.1. The smallest absolute Gasteiger partial charge is 0.223 e. The zero-order valence-corrected chi connectivity index (χ0v) is 12.7. The fraction of sp³-hybridized carbons (Fsp3) is 0.389. The van der Waals surface area contributed by atoms with Gasteiger partial charge >= 0.3 is 0 Å². The number of carbonyl (C=O) groups excluding carboxylic acids is 1. The molecule has 0 saturated carbocycles. The maximum Gasteiger partial charge on any atom is 0.223 e. The topological polar surface area (TPSA) is 45.5 Å². The Kier molecular flexibility index (Phi) is 3.17. The fourth-order valence-electron chi connectivity index (χ4n) is 3.66. The summed E-state index contributed by atoms with van der Waals surface area (Å²) in [6.45, 7) is 2.96. The highest BCUT2D eigenvalue weighted by Crippen LogP contribution is 2.43. The van der Waals surface area contributed by atoms with Crippen LogP contribution in [0, 0.1) is 6.92 Å². The third kappa shape index (κ3) is 2.19. The number of nitrogens with zero attached hydrogens (tertiary/aromatic N) is 1. The first-order valence-electron chi connectivity index (χ1n) is 7.92. The minimum absolute atomic E-state index is 0.114. The van der Waals surface area contributed by atoms with Gasteiger partial charge in [-0.2, -0.15) is 0 Å². The summed E-state index contributed by atoms with van der Waals surface area (Å²) in [5, 5.41) is 3.56. The predicted octanol–water partition coefficient (Wildman–Crippen LogP) is 3.81. The summed E-state index contributed by atoms with van der Waals surface area (Å²) >= 11 is 0. The van der Waals surface area contributed by atoms with E-state index in [9.17, 15) is 4.79 Å². The first kappa shape index (κ1) is 13.4. The lowest BCUT2D eigenvalue weighted by Crippen LogP contribution is -2.35. The second-order valence-corrected chi connectivity index (χ2v) is 6.25. The van der Waals surface area contributed by atoms with Crippen molar-refractivity contribution in [2.75, 3.05) is 11.9 Å². The van der Waals surface area contributed by atoms with Crippen LogP contribution in [0.15, 0.2) is 41.0 Å². The van der Waals surface area contributed by atoms with E-state index in [4.69, 9.17) is 4.42 Å². The van der Waals surface area contributed by atoms with Gasteiger partial charge < -0.3 is 14.6 Å². The summed E-state index contributed by atoms with van der Waals surface area (Å²) in [7, 11) is 0. The Labute approximate surface area is 130 Å². The number of carbonyl (C=O) groups is 1. The lowest BCUT2D eigenvalue weighted by molar-refractivity contribution is -0.130. The molecule has 0 spiro atoms. The Balaban J connectivity index is 1.75. The number of amides is 1. The molecular weight excluding hydrogens is 276 g/mol. The molecular formula is C18H20N2O2. The lowest BCUT2D eigenvalue weighted by atomic mass is 9.89. The minimum atomic E-state index is 0.114. The number of nitrogens with one attached hydrogen (secondary N) is 1. The molecule has 0 radical (unpaired) electrons. The first-order valence-corrected chi connectivity index (χ1v) is 7.92. The van der Waals surface area contributed by atoms with E-state index in [1.807, 2.05) is 12.1 Å². The van der Waals surface area contributed by atoms with E-state index >= 15 is 0 Å². The van der Waals surface area contributed by atoms with Crippen molar-refractivity contribution in [2.45, 2.75) is 38.3 Å². The van der Waals surface area contributed by atoms with Crippen molar-refractivity contribution >= 4 is 11.6 Å². The van der Waals surface area contributed by atoms with Crippen LogP contribution in [0.25, 0.3) is 0 Å². The van der Waals surface area contributed by atoms with Crippen LogP contribution >= 0.6 is 0 Å². The van der Waals surface area contributed by atoms with Crippen LogP contribution in [0.5, 0.6) is 0 Å². The summed E-state index contributed by atoms with van der Waals surface area (Å²) in [5.74, 6) is 1.21. The van der Waals surface area contributed by atoms with E-state index in [1.165, 1.54) is 11.1 Å². The molecule has 1 amide bonds. The number of hydrogen-bond donors (Lipinski definition) is 1. The minimum Gasteiger partial charge on any atom is -0.467 e. The van der Waals surface area contributed by atoms with Crippen LogP contribution in [-0.4, -0.2) is 17.4 Å². The number of furan rings is 1. The van der Waals surface area contributed by atoms with Gasteiger partial charge in [0, 0.05) is 18.7 Å². The summed E-state index contributed by atoms with van der Waals surface area (Å²) in [4.78, 5) is 14.3. The number of fused-ring (bicyclic) bond motifs is 1. The van der Waals surface area contributed by atoms with Gasteiger partial charge in [-0.15, -0.1) is 0 Å². The second-order valence-electron chi connectivity index (χ2n) is 6.25. The molecule has 1 aromatic heterocycles. The molecule has 1 aromatic carbocycles. The maximum absolute atomic E-state index is 12.2. The van der Waals surface area contributed by atoms with Crippen LogP contribution in [0.2, 0.25) is 0 Å². The molecule has 114 valence electrons. The molecule has 2 aromatic rings. The van der Waals surface area contributed by atoms with Gasteiger partial charge in [0.25, 0.3) is 0 Å². The van der Waals surface area contributed by atoms with E-state index in [2.05, 4.69) is 35.3 Å². The Hall–Kier alpha value is -2.23. The molecule has 1 N–H and O–H groups in total. The van der Waals surface area contributed by atoms with Crippen molar-refractivity contribution in [3.63, 3.8) is 0 Å². The molecule has 2 atom stereocenters. The standard InChI is InChI=1S/C18H20N2O2/c1-12-6-7-14-13(10-12)16(20-8-2-5-18(20)21)11-15(19-14)17-4-3-9-22-17/h3-4,6-7,9-10,15-16,19H,2,5,8,11H2,1H3/t15-,16+/m1/s1. The number of anilines is 1. The molecule has 22 heavy (non-hydrogen) atoms. The molecule has 0 aliphatic carbocycles. The average Bonchev–Trinajstić information content (AvgIpc) is 3.18. The molecule has 0 bridgehead atoms. The number of aryl methyl sites for hydroxylation is 1. The fourth-order valence-corrected chi connectivity index (χ4v) is 3.66. The van der Waals surface area contributed by atoms with Crippen molar-refractivity contribution in [3.05, 3.63) is 53.5 Å². The lowest BCUT2D eigenvalue weighted by Gasteiger charge is -2.37. The average molecular weight is 296 g/mol. The summed E-state index contributed by atoms with van der Waals surface area (Å²) in [6, 6.07) is 10.6. The monoisotopic (exact) mass is 296 g/mol. The van der Waals surface area contributed by atoms with Gasteiger partial charge in [0.2, 0.25) is 5.91 Å². The molecule has 1 fully saturated rings. The SMILES string of the molecule is Cc1ccc2c(c1)[C@@H](N1CCCC1=O)C[C@H](c1ccco1)N2. The Morgan fingerprint density at radius 2 is 2.23 bits per heavy atom. The zero-order valence-electron chi connectivity index (χ0n) is 12.7. The van der Waals surface area contributed by atoms with E-state index in [-0.39, 0.29) is 18.0 Å². The number of hydrogen-bond acceptors (Lipinski definition) is 3. The van der Waals surface area contributed by atoms with Crippen molar-refractivity contribution in [2.24, 2.45) is 0 Å². The highest BCUT2D eigenvalue weighted by molar-refractivity contribution is 5.79. The largest absolute Gasteiger partial charge is 0.467 e. The molecule has 4 rings (SSSR count). The first-order chi connectivity index (χ1) is 10.7. The van der Waals surface area contributed by atoms with Crippen molar-refractivity contribution in [3.8, 4) is 0 Å². The maximum atomic E-state index is 12.2. The molecule has 3 heterocycles. The summed E-state index contributed by atoms with van der Waals surface area (Å²) in [6.07, 6.45) is 4.21. The summed E-state index contributed by atoms with van der Waals surface area (Å²) in [5.41, 5.74) is 3.58. The van der Waals surface area contributed by atoms with E-state index < -0.39 is 0 Å². The van der Waals surface area contributed by atoms with Gasteiger partial charge in [-0.3, -0.25) is 4.79 Å². The van der Waals surface area contributed by atoms with Gasteiger partial charge in [0.15, 0.2) is 0 Å². The Morgan fingerprint density at radius 1 is 1.32 bits per heavy atom. The van der Waals surface area contributed by atoms with Gasteiger partial charge in [-0.25, -0.2) is 0 Å². The van der Waals surface area contributed by atoms with Crippen molar-refractivity contribution in [1.82, 2.24) is 4.90 Å². The number of benzene rings is 1. The van der Waals surface area contributed by atoms with Gasteiger partial charge in [0.1, 0.15) is 5.76 Å². The molecule has 0 unspecified atom stereocenters. The predicted molar refractivity (Wildman–Crippen MR) is 84.6 cm³/mol. The number of rotatable bonds is 2. The van der Waals surface area contributed by atoms with Gasteiger partial charge in [0.05, 0.1) is 18.3 Å². The molecule has 2 aliphatic rings. The third-order valence-corrected chi connectivity index (χ3v) is 4.73. The summed E-state index contributed by atoms with van der Waals surface area (Å²) < 4.78 is 5.58. The van der Waals surface area contributed by atoms with Crippen molar-refractivity contribution < 1.29 is 9.21 Å². The molecule has 4 nitrogen and oxygen atoms in total. The van der Waals surface area contributed by atoms with Crippen LogP contribution in [0.4, 0.5) is 5.69 Å². The molecule has 1 saturated heterocycles. The second kappa shape index (κ2) is 5.20. The Morgan fingerprint density at radius 3 is 2.95 bits per heavy atom. The quantitative estimate of drug-likeness (QED) is 0.916. The van der Waals surface area contributed by atoms with Crippen LogP contribution in [0.1, 0.15) is 48.2 Å². The van der Waals surface area contributed by atoms with Crippen LogP contribution in [-0.2, 0) is 4.79 Å². The number of likely N-dealkylation sites (tertiary alicyclic amines) is 1. The van der Waals surface area contributed by atoms with E-state index in [0.717, 1.165) is 30.8 Å². The third-order valence-electron chi connectivity index (χ3n) is 4.73. The van der Waals surface area contributed by atoms with E-state index in [1.54, 1.807) is 6.26 Å². The van der Waals surface area contributed by atoms with E-state index in [0.29, 0.717) is 6.42 Å². The van der Waals surface area contributed by atoms with Crippen LogP contribution < -0.4 is 5.32 Å². The van der Waals surface area contributed by atoms with Gasteiger partial charge in [-0.05, 0) is 43.5 Å². The highest BCUT2D eigenvalue weighted by atomic mass is 16.3. The normalized spacial score (nSPS) is 24.2. The van der Waals surface area contributed by atoms with Crippen molar-refractivity contribution in [1.29, 1.82) is 0 Å².